The fraction of sp³-hybridized carbons (Fsp3) is 0. The van der Waals surface area contributed by atoms with Crippen molar-refractivity contribution in [1.82, 2.24) is 15.2 Å². The highest BCUT2D eigenvalue weighted by atomic mass is 16.1. The van der Waals surface area contributed by atoms with E-state index >= 15 is 0 Å². The summed E-state index contributed by atoms with van der Waals surface area (Å²) in [7, 11) is 0. The monoisotopic (exact) mass is 162 g/mol. The minimum absolute atomic E-state index is 0.320. The normalized spacial score (nSPS) is 10.3. The number of aromatic amines is 1. The third kappa shape index (κ3) is 0.914. The molecule has 2 rings (SSSR count). The van der Waals surface area contributed by atoms with Crippen LogP contribution < -0.4 is 11.3 Å². The highest BCUT2D eigenvalue weighted by Gasteiger charge is 1.98. The third-order valence-electron chi connectivity index (χ3n) is 1.53. The van der Waals surface area contributed by atoms with Gasteiger partial charge in [0.15, 0.2) is 0 Å². The number of nitrogen functional groups attached to an aromatic ring is 1. The molecule has 60 valence electrons. The molecule has 0 unspecified atom stereocenters. The third-order valence-corrected chi connectivity index (χ3v) is 1.53. The van der Waals surface area contributed by atoms with Gasteiger partial charge in [-0.15, -0.1) is 0 Å². The van der Waals surface area contributed by atoms with Crippen molar-refractivity contribution in [3.8, 4) is 0 Å². The van der Waals surface area contributed by atoms with Gasteiger partial charge in [0.2, 0.25) is 0 Å². The molecule has 0 saturated carbocycles. The van der Waals surface area contributed by atoms with E-state index in [0.717, 1.165) is 0 Å². The summed E-state index contributed by atoms with van der Waals surface area (Å²) in [5.41, 5.74) is 5.41. The van der Waals surface area contributed by atoms with Crippen molar-refractivity contribution < 1.29 is 0 Å². The Morgan fingerprint density at radius 1 is 1.42 bits per heavy atom. The molecule has 0 aliphatic heterocycles. The molecule has 0 aromatic carbocycles. The smallest absolute Gasteiger partial charge is 0.290 e. The fourth-order valence-electron chi connectivity index (χ4n) is 0.984. The molecule has 0 fully saturated rings. The quantitative estimate of drug-likeness (QED) is 0.566. The average Bonchev–Trinajstić information content (AvgIpc) is 2.07. The molecule has 5 heteroatoms. The number of anilines is 1. The molecule has 0 bridgehead atoms. The zero-order valence-electron chi connectivity index (χ0n) is 6.11. The maximum absolute atomic E-state index is 11.1. The topological polar surface area (TPSA) is 84.7 Å². The lowest BCUT2D eigenvalue weighted by Crippen LogP contribution is -2.09. The molecule has 2 aromatic rings. The van der Waals surface area contributed by atoms with E-state index in [4.69, 9.17) is 5.73 Å². The standard InChI is InChI=1S/C7H6N4O/c8-5-2-1-4-3-9-11-7(12)6(4)10-5/h1-3H,(H2,8,10)(H,11,12). The predicted molar refractivity (Wildman–Crippen MR) is 44.6 cm³/mol. The summed E-state index contributed by atoms with van der Waals surface area (Å²) < 4.78 is 0. The Bertz CT molecular complexity index is 476. The van der Waals surface area contributed by atoms with Crippen molar-refractivity contribution in [3.05, 3.63) is 28.7 Å². The van der Waals surface area contributed by atoms with Crippen molar-refractivity contribution >= 4 is 16.7 Å². The molecule has 0 atom stereocenters. The van der Waals surface area contributed by atoms with Crippen molar-refractivity contribution in [2.45, 2.75) is 0 Å². The number of nitrogens with zero attached hydrogens (tertiary/aromatic N) is 2. The number of nitrogens with one attached hydrogen (secondary N) is 1. The number of hydrogen-bond acceptors (Lipinski definition) is 4. The fourth-order valence-corrected chi connectivity index (χ4v) is 0.984. The van der Waals surface area contributed by atoms with E-state index in [2.05, 4.69) is 15.2 Å². The summed E-state index contributed by atoms with van der Waals surface area (Å²) in [4.78, 5) is 15.0. The molecule has 0 spiro atoms. The number of hydrogen-bond donors (Lipinski definition) is 2. The lowest BCUT2D eigenvalue weighted by molar-refractivity contribution is 1.00. The van der Waals surface area contributed by atoms with Crippen molar-refractivity contribution in [2.24, 2.45) is 0 Å². The first-order chi connectivity index (χ1) is 5.77. The van der Waals surface area contributed by atoms with Crippen LogP contribution in [0.25, 0.3) is 10.9 Å². The van der Waals surface area contributed by atoms with Crippen LogP contribution in [0.1, 0.15) is 0 Å². The van der Waals surface area contributed by atoms with Gasteiger partial charge in [0.05, 0.1) is 6.20 Å². The van der Waals surface area contributed by atoms with Gasteiger partial charge >= 0.3 is 0 Å². The van der Waals surface area contributed by atoms with Crippen LogP contribution in [-0.4, -0.2) is 15.2 Å². The van der Waals surface area contributed by atoms with E-state index in [-0.39, 0.29) is 5.56 Å². The van der Waals surface area contributed by atoms with Gasteiger partial charge in [-0.2, -0.15) is 5.10 Å². The second kappa shape index (κ2) is 2.30. The van der Waals surface area contributed by atoms with Crippen LogP contribution in [-0.2, 0) is 0 Å². The van der Waals surface area contributed by atoms with Crippen LogP contribution in [0.4, 0.5) is 5.82 Å². The number of pyridine rings is 1. The maximum atomic E-state index is 11.1. The SMILES string of the molecule is Nc1ccc2cn[nH]c(=O)c2n1. The van der Waals surface area contributed by atoms with Gasteiger partial charge in [0.25, 0.3) is 5.56 Å². The van der Waals surface area contributed by atoms with E-state index in [0.29, 0.717) is 16.7 Å². The van der Waals surface area contributed by atoms with Crippen LogP contribution in [0.5, 0.6) is 0 Å². The van der Waals surface area contributed by atoms with E-state index in [1.54, 1.807) is 12.1 Å². The molecular weight excluding hydrogens is 156 g/mol. The van der Waals surface area contributed by atoms with Crippen molar-refractivity contribution in [3.63, 3.8) is 0 Å². The van der Waals surface area contributed by atoms with Gasteiger partial charge < -0.3 is 5.73 Å². The molecule has 2 aromatic heterocycles. The van der Waals surface area contributed by atoms with Gasteiger partial charge in [-0.05, 0) is 12.1 Å². The van der Waals surface area contributed by atoms with Crippen molar-refractivity contribution in [2.75, 3.05) is 5.73 Å². The number of fused-ring (bicyclic) bond motifs is 1. The molecule has 12 heavy (non-hydrogen) atoms. The number of nitrogens with two attached hydrogens (primary N) is 1. The summed E-state index contributed by atoms with van der Waals surface area (Å²) >= 11 is 0. The van der Waals surface area contributed by atoms with Gasteiger partial charge in [-0.25, -0.2) is 10.1 Å². The van der Waals surface area contributed by atoms with Gasteiger partial charge in [0.1, 0.15) is 11.3 Å². The molecule has 5 nitrogen and oxygen atoms in total. The summed E-state index contributed by atoms with van der Waals surface area (Å²) in [5.74, 6) is 0.333. The van der Waals surface area contributed by atoms with E-state index < -0.39 is 0 Å². The molecule has 0 aliphatic carbocycles. The highest BCUT2D eigenvalue weighted by Crippen LogP contribution is 2.06. The minimum Gasteiger partial charge on any atom is -0.384 e. The van der Waals surface area contributed by atoms with Gasteiger partial charge in [-0.1, -0.05) is 0 Å². The lowest BCUT2D eigenvalue weighted by Gasteiger charge is -1.94. The minimum atomic E-state index is -0.320. The molecule has 0 radical (unpaired) electrons. The zero-order valence-corrected chi connectivity index (χ0v) is 6.11. The maximum Gasteiger partial charge on any atom is 0.290 e. The predicted octanol–water partition coefficient (Wildman–Crippen LogP) is -0.0997. The number of rotatable bonds is 0. The van der Waals surface area contributed by atoms with Crippen LogP contribution in [0.2, 0.25) is 0 Å². The summed E-state index contributed by atoms with van der Waals surface area (Å²) in [6, 6.07) is 3.34. The van der Waals surface area contributed by atoms with Crippen LogP contribution in [0.15, 0.2) is 23.1 Å². The number of aromatic nitrogens is 3. The Morgan fingerprint density at radius 2 is 2.25 bits per heavy atom. The molecule has 0 saturated heterocycles. The average molecular weight is 162 g/mol. The van der Waals surface area contributed by atoms with Gasteiger partial charge in [0, 0.05) is 5.39 Å². The molecule has 3 N–H and O–H groups in total. The number of H-pyrrole nitrogens is 1. The summed E-state index contributed by atoms with van der Waals surface area (Å²) in [5, 5.41) is 6.59. The first-order valence-electron chi connectivity index (χ1n) is 3.37. The van der Waals surface area contributed by atoms with Crippen LogP contribution in [0, 0.1) is 0 Å². The highest BCUT2D eigenvalue weighted by molar-refractivity contribution is 5.77. The molecular formula is C7H6N4O. The Hall–Kier alpha value is -1.91. The summed E-state index contributed by atoms with van der Waals surface area (Å²) in [6.07, 6.45) is 1.53. The lowest BCUT2D eigenvalue weighted by atomic mass is 10.3. The molecule has 0 amide bonds. The zero-order chi connectivity index (χ0) is 8.55. The first-order valence-corrected chi connectivity index (χ1v) is 3.37. The largest absolute Gasteiger partial charge is 0.384 e. The van der Waals surface area contributed by atoms with Gasteiger partial charge in [-0.3, -0.25) is 4.79 Å². The molecule has 2 heterocycles. The second-order valence-corrected chi connectivity index (χ2v) is 2.37. The van der Waals surface area contributed by atoms with E-state index in [1.165, 1.54) is 6.20 Å². The Morgan fingerprint density at radius 3 is 3.08 bits per heavy atom. The molecule has 0 aliphatic rings. The van der Waals surface area contributed by atoms with E-state index in [9.17, 15) is 4.79 Å². The van der Waals surface area contributed by atoms with Crippen molar-refractivity contribution in [1.29, 1.82) is 0 Å². The van der Waals surface area contributed by atoms with Crippen LogP contribution in [0.3, 0.4) is 0 Å². The second-order valence-electron chi connectivity index (χ2n) is 2.37. The Balaban J connectivity index is 2.98. The van der Waals surface area contributed by atoms with Crippen LogP contribution >= 0.6 is 0 Å². The Labute approximate surface area is 67.2 Å². The van der Waals surface area contributed by atoms with E-state index in [1.807, 2.05) is 0 Å². The first kappa shape index (κ1) is 6.78. The summed E-state index contributed by atoms with van der Waals surface area (Å²) in [6.45, 7) is 0. The Kier molecular flexibility index (Phi) is 1.30.